The van der Waals surface area contributed by atoms with Crippen LogP contribution in [0.15, 0.2) is 60.7 Å². The molecular formula is C18H15N3O. The van der Waals surface area contributed by atoms with E-state index in [2.05, 4.69) is 24.2 Å². The molecule has 0 spiro atoms. The summed E-state index contributed by atoms with van der Waals surface area (Å²) in [6.45, 7) is 2.61. The number of hydrogen-bond acceptors (Lipinski definition) is 2. The Bertz CT molecular complexity index is 835. The van der Waals surface area contributed by atoms with Crippen LogP contribution in [0.25, 0.3) is 11.3 Å². The number of para-hydroxylation sites is 1. The Morgan fingerprint density at radius 1 is 1.00 bits per heavy atom. The second-order valence-corrected chi connectivity index (χ2v) is 5.50. The number of carbonyl (C=O) groups excluding carboxylic acids is 1. The van der Waals surface area contributed by atoms with Crippen LogP contribution in [0.4, 0.5) is 10.5 Å². The first-order chi connectivity index (χ1) is 10.7. The lowest BCUT2D eigenvalue weighted by molar-refractivity contribution is 0.248. The number of aromatic nitrogens is 2. The summed E-state index contributed by atoms with van der Waals surface area (Å²) >= 11 is 0. The summed E-state index contributed by atoms with van der Waals surface area (Å²) in [5.74, 6) is 0. The van der Waals surface area contributed by atoms with Gasteiger partial charge < -0.3 is 0 Å². The highest BCUT2D eigenvalue weighted by Gasteiger charge is 2.30. The predicted molar refractivity (Wildman–Crippen MR) is 85.8 cm³/mol. The van der Waals surface area contributed by atoms with Gasteiger partial charge in [-0.25, -0.2) is 4.79 Å². The second kappa shape index (κ2) is 4.84. The molecule has 0 saturated carbocycles. The van der Waals surface area contributed by atoms with Crippen LogP contribution in [0.2, 0.25) is 0 Å². The SMILES string of the molecule is Cc1ccc(-c2cc3n(n2)C(=O)N(c2ccccc2)C3)cc1. The molecule has 22 heavy (non-hydrogen) atoms. The van der Waals surface area contributed by atoms with Gasteiger partial charge in [-0.05, 0) is 25.1 Å². The van der Waals surface area contributed by atoms with Gasteiger partial charge >= 0.3 is 6.03 Å². The van der Waals surface area contributed by atoms with E-state index in [1.807, 2.05) is 48.5 Å². The molecule has 2 aromatic carbocycles. The molecule has 0 bridgehead atoms. The average molecular weight is 289 g/mol. The smallest absolute Gasteiger partial charge is 0.287 e. The van der Waals surface area contributed by atoms with Crippen molar-refractivity contribution in [2.45, 2.75) is 13.5 Å². The Morgan fingerprint density at radius 2 is 1.73 bits per heavy atom. The lowest BCUT2D eigenvalue weighted by atomic mass is 10.1. The summed E-state index contributed by atoms with van der Waals surface area (Å²) < 4.78 is 1.50. The maximum Gasteiger partial charge on any atom is 0.349 e. The standard InChI is InChI=1S/C18H15N3O/c1-13-7-9-14(10-8-13)17-11-16-12-20(18(22)21(16)19-17)15-5-3-2-4-6-15/h2-11H,12H2,1H3. The van der Waals surface area contributed by atoms with Gasteiger partial charge in [-0.3, -0.25) is 4.90 Å². The molecule has 0 saturated heterocycles. The molecule has 0 fully saturated rings. The van der Waals surface area contributed by atoms with Crippen LogP contribution in [0.5, 0.6) is 0 Å². The van der Waals surface area contributed by atoms with Crippen LogP contribution >= 0.6 is 0 Å². The lowest BCUT2D eigenvalue weighted by Crippen LogP contribution is -2.26. The molecule has 1 aromatic heterocycles. The molecule has 108 valence electrons. The topological polar surface area (TPSA) is 38.1 Å². The van der Waals surface area contributed by atoms with Crippen molar-refractivity contribution < 1.29 is 4.79 Å². The van der Waals surface area contributed by atoms with Crippen molar-refractivity contribution in [1.29, 1.82) is 0 Å². The van der Waals surface area contributed by atoms with Crippen molar-refractivity contribution in [3.8, 4) is 11.3 Å². The third-order valence-corrected chi connectivity index (χ3v) is 3.93. The molecule has 0 aliphatic carbocycles. The molecule has 4 nitrogen and oxygen atoms in total. The summed E-state index contributed by atoms with van der Waals surface area (Å²) in [5, 5.41) is 4.47. The number of rotatable bonds is 2. The van der Waals surface area contributed by atoms with E-state index in [4.69, 9.17) is 0 Å². The first-order valence-electron chi connectivity index (χ1n) is 7.25. The zero-order valence-corrected chi connectivity index (χ0v) is 12.2. The van der Waals surface area contributed by atoms with Crippen molar-refractivity contribution in [2.24, 2.45) is 0 Å². The molecule has 3 aromatic rings. The van der Waals surface area contributed by atoms with Crippen LogP contribution in [0.3, 0.4) is 0 Å². The minimum atomic E-state index is -0.0976. The van der Waals surface area contributed by atoms with Crippen molar-refractivity contribution in [1.82, 2.24) is 9.78 Å². The third kappa shape index (κ3) is 2.00. The molecule has 1 aliphatic heterocycles. The van der Waals surface area contributed by atoms with E-state index in [1.165, 1.54) is 10.2 Å². The molecule has 4 rings (SSSR count). The lowest BCUT2D eigenvalue weighted by Gasteiger charge is -2.14. The fourth-order valence-corrected chi connectivity index (χ4v) is 2.72. The fourth-order valence-electron chi connectivity index (χ4n) is 2.72. The number of benzene rings is 2. The zero-order valence-electron chi connectivity index (χ0n) is 12.2. The number of hydrogen-bond donors (Lipinski definition) is 0. The third-order valence-electron chi connectivity index (χ3n) is 3.93. The minimum absolute atomic E-state index is 0.0976. The van der Waals surface area contributed by atoms with Gasteiger partial charge in [0.2, 0.25) is 0 Å². The van der Waals surface area contributed by atoms with E-state index in [-0.39, 0.29) is 6.03 Å². The van der Waals surface area contributed by atoms with Gasteiger partial charge in [-0.2, -0.15) is 9.78 Å². The largest absolute Gasteiger partial charge is 0.349 e. The monoisotopic (exact) mass is 289 g/mol. The van der Waals surface area contributed by atoms with E-state index < -0.39 is 0 Å². The highest BCUT2D eigenvalue weighted by atomic mass is 16.2. The highest BCUT2D eigenvalue weighted by molar-refractivity contribution is 5.96. The van der Waals surface area contributed by atoms with Crippen LogP contribution in [-0.2, 0) is 6.54 Å². The van der Waals surface area contributed by atoms with Gasteiger partial charge in [-0.1, -0.05) is 48.0 Å². The Balaban J connectivity index is 1.67. The Morgan fingerprint density at radius 3 is 2.41 bits per heavy atom. The number of nitrogens with zero attached hydrogens (tertiary/aromatic N) is 3. The van der Waals surface area contributed by atoms with Crippen molar-refractivity contribution >= 4 is 11.7 Å². The van der Waals surface area contributed by atoms with Gasteiger partial charge in [0, 0.05) is 11.3 Å². The molecule has 2 heterocycles. The first kappa shape index (κ1) is 12.8. The van der Waals surface area contributed by atoms with Crippen molar-refractivity contribution in [3.63, 3.8) is 0 Å². The number of anilines is 1. The molecule has 0 unspecified atom stereocenters. The van der Waals surface area contributed by atoms with Gasteiger partial charge in [0.25, 0.3) is 0 Å². The summed E-state index contributed by atoms with van der Waals surface area (Å²) in [7, 11) is 0. The van der Waals surface area contributed by atoms with Crippen molar-refractivity contribution in [2.75, 3.05) is 4.90 Å². The fraction of sp³-hybridized carbons (Fsp3) is 0.111. The molecule has 0 N–H and O–H groups in total. The van der Waals surface area contributed by atoms with Crippen LogP contribution < -0.4 is 4.90 Å². The van der Waals surface area contributed by atoms with E-state index >= 15 is 0 Å². The van der Waals surface area contributed by atoms with Crippen LogP contribution in [0.1, 0.15) is 11.3 Å². The maximum atomic E-state index is 12.5. The molecule has 1 amide bonds. The summed E-state index contributed by atoms with van der Waals surface area (Å²) in [5.41, 5.74) is 4.91. The van der Waals surface area contributed by atoms with E-state index in [0.29, 0.717) is 6.54 Å². The van der Waals surface area contributed by atoms with Gasteiger partial charge in [0.15, 0.2) is 0 Å². The summed E-state index contributed by atoms with van der Waals surface area (Å²) in [6, 6.07) is 19.7. The Kier molecular flexibility index (Phi) is 2.82. The average Bonchev–Trinajstić information content (AvgIpc) is 3.09. The number of fused-ring (bicyclic) bond motifs is 1. The molecule has 0 radical (unpaired) electrons. The van der Waals surface area contributed by atoms with Gasteiger partial charge in [0.05, 0.1) is 17.9 Å². The minimum Gasteiger partial charge on any atom is -0.287 e. The number of carbonyl (C=O) groups is 1. The van der Waals surface area contributed by atoms with Gasteiger partial charge in [-0.15, -0.1) is 0 Å². The first-order valence-corrected chi connectivity index (χ1v) is 7.25. The quantitative estimate of drug-likeness (QED) is 0.718. The maximum absolute atomic E-state index is 12.5. The van der Waals surface area contributed by atoms with E-state index in [9.17, 15) is 4.79 Å². The zero-order chi connectivity index (χ0) is 15.1. The second-order valence-electron chi connectivity index (χ2n) is 5.50. The Labute approximate surface area is 128 Å². The molecule has 0 atom stereocenters. The summed E-state index contributed by atoms with van der Waals surface area (Å²) in [6.07, 6.45) is 0. The number of aryl methyl sites for hydroxylation is 1. The predicted octanol–water partition coefficient (Wildman–Crippen LogP) is 3.85. The molecular weight excluding hydrogens is 274 g/mol. The van der Waals surface area contributed by atoms with Crippen LogP contribution in [-0.4, -0.2) is 15.8 Å². The van der Waals surface area contributed by atoms with Gasteiger partial charge in [0.1, 0.15) is 0 Å². The Hall–Kier alpha value is -2.88. The molecule has 4 heteroatoms. The summed E-state index contributed by atoms with van der Waals surface area (Å²) in [4.78, 5) is 14.3. The normalized spacial score (nSPS) is 13.5. The number of amides is 1. The van der Waals surface area contributed by atoms with E-state index in [1.54, 1.807) is 4.90 Å². The highest BCUT2D eigenvalue weighted by Crippen LogP contribution is 2.27. The van der Waals surface area contributed by atoms with E-state index in [0.717, 1.165) is 22.6 Å². The van der Waals surface area contributed by atoms with Crippen molar-refractivity contribution in [3.05, 3.63) is 71.9 Å². The van der Waals surface area contributed by atoms with Crippen LogP contribution in [0, 0.1) is 6.92 Å². The molecule has 1 aliphatic rings.